The van der Waals surface area contributed by atoms with Crippen molar-refractivity contribution in [1.82, 2.24) is 9.78 Å². The normalized spacial score (nSPS) is 15.1. The quantitative estimate of drug-likeness (QED) is 0.550. The van der Waals surface area contributed by atoms with Gasteiger partial charge in [-0.15, -0.1) is 0 Å². The molecule has 0 saturated heterocycles. The summed E-state index contributed by atoms with van der Waals surface area (Å²) in [6.45, 7) is 0. The number of carboxylic acid groups (broad SMARTS) is 1. The molecule has 0 bridgehead atoms. The van der Waals surface area contributed by atoms with Crippen molar-refractivity contribution in [2.24, 2.45) is 0 Å². The summed E-state index contributed by atoms with van der Waals surface area (Å²) in [5.74, 6) is -1.80. The lowest BCUT2D eigenvalue weighted by Gasteiger charge is -2.24. The maximum absolute atomic E-state index is 13.1. The summed E-state index contributed by atoms with van der Waals surface area (Å²) in [5, 5.41) is 19.2. The number of carboxylic acids is 1. The van der Waals surface area contributed by atoms with E-state index in [9.17, 15) is 19.1 Å². The highest BCUT2D eigenvalue weighted by Gasteiger charge is 2.29. The van der Waals surface area contributed by atoms with Crippen molar-refractivity contribution in [2.75, 3.05) is 10.6 Å². The molecule has 9 heteroatoms. The van der Waals surface area contributed by atoms with Crippen LogP contribution in [0, 0.1) is 5.82 Å². The predicted octanol–water partition coefficient (Wildman–Crippen LogP) is 4.02. The Morgan fingerprint density at radius 3 is 2.48 bits per heavy atom. The minimum Gasteiger partial charge on any atom is -0.477 e. The number of halogens is 2. The van der Waals surface area contributed by atoms with E-state index in [-0.39, 0.29) is 17.1 Å². The molecule has 1 unspecified atom stereocenters. The summed E-state index contributed by atoms with van der Waals surface area (Å²) < 4.78 is 15.5. The van der Waals surface area contributed by atoms with Crippen LogP contribution < -0.4 is 10.6 Å². The second-order valence-corrected chi connectivity index (χ2v) is 7.23. The van der Waals surface area contributed by atoms with Gasteiger partial charge >= 0.3 is 5.97 Å². The first kappa shape index (κ1) is 18.9. The number of hydrogen-bond donors (Lipinski definition) is 3. The fraction of sp³-hybridized carbons (Fsp3) is 0.0500. The molecule has 3 N–H and O–H groups in total. The van der Waals surface area contributed by atoms with Crippen LogP contribution in [0.1, 0.15) is 22.0 Å². The molecule has 0 fully saturated rings. The van der Waals surface area contributed by atoms with Crippen molar-refractivity contribution >= 4 is 39.3 Å². The van der Waals surface area contributed by atoms with Crippen LogP contribution in [0.3, 0.4) is 0 Å². The molecule has 4 rings (SSSR count). The molecule has 1 aliphatic heterocycles. The van der Waals surface area contributed by atoms with E-state index >= 15 is 0 Å². The molecular weight excluding hydrogens is 443 g/mol. The van der Waals surface area contributed by atoms with Crippen LogP contribution >= 0.6 is 15.9 Å². The molecular formula is C20H14BrFN4O3. The number of allylic oxidation sites excluding steroid dienone is 1. The number of benzene rings is 2. The van der Waals surface area contributed by atoms with Crippen molar-refractivity contribution in [3.63, 3.8) is 0 Å². The summed E-state index contributed by atoms with van der Waals surface area (Å²) in [5.41, 5.74) is 1.33. The maximum atomic E-state index is 13.1. The van der Waals surface area contributed by atoms with E-state index in [1.165, 1.54) is 36.5 Å². The summed E-state index contributed by atoms with van der Waals surface area (Å²) in [6, 6.07) is 12.2. The van der Waals surface area contributed by atoms with E-state index in [4.69, 9.17) is 0 Å². The predicted molar refractivity (Wildman–Crippen MR) is 108 cm³/mol. The fourth-order valence-corrected chi connectivity index (χ4v) is 3.28. The topological polar surface area (TPSA) is 96.2 Å². The molecule has 0 radical (unpaired) electrons. The van der Waals surface area contributed by atoms with Gasteiger partial charge < -0.3 is 15.7 Å². The first-order valence-electron chi connectivity index (χ1n) is 8.54. The maximum Gasteiger partial charge on any atom is 0.352 e. The average molecular weight is 457 g/mol. The van der Waals surface area contributed by atoms with E-state index < -0.39 is 23.7 Å². The molecule has 3 aromatic rings. The van der Waals surface area contributed by atoms with Crippen LogP contribution in [0.15, 0.2) is 71.0 Å². The van der Waals surface area contributed by atoms with Crippen LogP contribution in [0.25, 0.3) is 0 Å². The molecule has 1 amide bonds. The Morgan fingerprint density at radius 1 is 1.14 bits per heavy atom. The number of nitrogens with zero attached hydrogens (tertiary/aromatic N) is 2. The third-order valence-electron chi connectivity index (χ3n) is 4.43. The van der Waals surface area contributed by atoms with Gasteiger partial charge in [0.2, 0.25) is 0 Å². The smallest absolute Gasteiger partial charge is 0.352 e. The first-order chi connectivity index (χ1) is 13.9. The Labute approximate surface area is 173 Å². The van der Waals surface area contributed by atoms with Crippen LogP contribution in [0.2, 0.25) is 0 Å². The van der Waals surface area contributed by atoms with E-state index in [1.807, 2.05) is 24.3 Å². The number of aromatic nitrogens is 2. The standard InChI is InChI=1S/C20H14BrFN4O3/c21-12-3-1-11(2-4-12)17-9-16(20(28)29)25-18-15(10-23-26(17)18)19(27)24-14-7-5-13(22)6-8-14/h1-10,17,25H,(H,24,27)(H,28,29). The minimum atomic E-state index is -1.15. The highest BCUT2D eigenvalue weighted by molar-refractivity contribution is 9.10. The van der Waals surface area contributed by atoms with Gasteiger partial charge in [-0.05, 0) is 48.0 Å². The van der Waals surface area contributed by atoms with Gasteiger partial charge in [-0.25, -0.2) is 13.9 Å². The molecule has 1 aliphatic rings. The molecule has 0 spiro atoms. The SMILES string of the molecule is O=C(O)C1=CC(c2ccc(Br)cc2)n2ncc(C(=O)Nc3ccc(F)cc3)c2N1. The highest BCUT2D eigenvalue weighted by atomic mass is 79.9. The Hall–Kier alpha value is -3.46. The van der Waals surface area contributed by atoms with Gasteiger partial charge in [-0.1, -0.05) is 28.1 Å². The lowest BCUT2D eigenvalue weighted by molar-refractivity contribution is -0.132. The average Bonchev–Trinajstić information content (AvgIpc) is 3.14. The molecule has 0 aliphatic carbocycles. The summed E-state index contributed by atoms with van der Waals surface area (Å²) >= 11 is 3.37. The number of carbonyl (C=O) groups is 2. The van der Waals surface area contributed by atoms with Gasteiger partial charge in [0.15, 0.2) is 0 Å². The van der Waals surface area contributed by atoms with Gasteiger partial charge in [0.25, 0.3) is 5.91 Å². The van der Waals surface area contributed by atoms with Crippen molar-refractivity contribution in [3.05, 3.63) is 87.9 Å². The molecule has 146 valence electrons. The number of aliphatic carboxylic acids is 1. The number of anilines is 2. The number of hydrogen-bond acceptors (Lipinski definition) is 4. The van der Waals surface area contributed by atoms with Crippen LogP contribution in [-0.2, 0) is 4.79 Å². The van der Waals surface area contributed by atoms with Crippen molar-refractivity contribution in [3.8, 4) is 0 Å². The van der Waals surface area contributed by atoms with Gasteiger partial charge in [-0.2, -0.15) is 5.10 Å². The minimum absolute atomic E-state index is 0.0539. The van der Waals surface area contributed by atoms with Crippen LogP contribution in [-0.4, -0.2) is 26.8 Å². The van der Waals surface area contributed by atoms with Crippen molar-refractivity contribution in [2.45, 2.75) is 6.04 Å². The molecule has 1 atom stereocenters. The van der Waals surface area contributed by atoms with Crippen LogP contribution in [0.4, 0.5) is 15.9 Å². The molecule has 29 heavy (non-hydrogen) atoms. The number of carbonyl (C=O) groups excluding carboxylic acids is 1. The number of fused-ring (bicyclic) bond motifs is 1. The van der Waals surface area contributed by atoms with Crippen molar-refractivity contribution in [1.29, 1.82) is 0 Å². The molecule has 7 nitrogen and oxygen atoms in total. The number of rotatable bonds is 4. The monoisotopic (exact) mass is 456 g/mol. The van der Waals surface area contributed by atoms with Gasteiger partial charge in [0.1, 0.15) is 22.9 Å². The van der Waals surface area contributed by atoms with E-state index in [1.54, 1.807) is 4.68 Å². The lowest BCUT2D eigenvalue weighted by atomic mass is 10.0. The van der Waals surface area contributed by atoms with Gasteiger partial charge in [0.05, 0.1) is 12.2 Å². The number of amides is 1. The molecule has 1 aromatic heterocycles. The molecule has 2 aromatic carbocycles. The van der Waals surface area contributed by atoms with Gasteiger partial charge in [-0.3, -0.25) is 4.79 Å². The Balaban J connectivity index is 1.70. The van der Waals surface area contributed by atoms with Crippen molar-refractivity contribution < 1.29 is 19.1 Å². The Kier molecular flexibility index (Phi) is 4.89. The van der Waals surface area contributed by atoms with E-state index in [2.05, 4.69) is 31.7 Å². The lowest BCUT2D eigenvalue weighted by Crippen LogP contribution is -2.25. The third-order valence-corrected chi connectivity index (χ3v) is 4.95. The van der Waals surface area contributed by atoms with E-state index in [0.717, 1.165) is 10.0 Å². The van der Waals surface area contributed by atoms with Gasteiger partial charge in [0, 0.05) is 10.2 Å². The summed E-state index contributed by atoms with van der Waals surface area (Å²) in [4.78, 5) is 24.3. The third kappa shape index (κ3) is 3.77. The van der Waals surface area contributed by atoms with E-state index in [0.29, 0.717) is 5.69 Å². The van der Waals surface area contributed by atoms with Crippen LogP contribution in [0.5, 0.6) is 0 Å². The second kappa shape index (κ2) is 7.51. The zero-order chi connectivity index (χ0) is 20.5. The fourth-order valence-electron chi connectivity index (χ4n) is 3.02. The highest BCUT2D eigenvalue weighted by Crippen LogP contribution is 2.33. The Morgan fingerprint density at radius 2 is 1.83 bits per heavy atom. The molecule has 2 heterocycles. The number of nitrogens with one attached hydrogen (secondary N) is 2. The largest absolute Gasteiger partial charge is 0.477 e. The summed E-state index contributed by atoms with van der Waals surface area (Å²) in [6.07, 6.45) is 2.90. The molecule has 0 saturated carbocycles. The Bertz CT molecular complexity index is 1120. The summed E-state index contributed by atoms with van der Waals surface area (Å²) in [7, 11) is 0. The zero-order valence-electron chi connectivity index (χ0n) is 14.8. The zero-order valence-corrected chi connectivity index (χ0v) is 16.4. The second-order valence-electron chi connectivity index (χ2n) is 6.32. The first-order valence-corrected chi connectivity index (χ1v) is 9.33.